The van der Waals surface area contributed by atoms with Crippen molar-refractivity contribution >= 4 is 23.8 Å². The van der Waals surface area contributed by atoms with Crippen LogP contribution in [0.2, 0.25) is 0 Å². The maximum Gasteiger partial charge on any atom is 0.344 e. The SMILES string of the molecule is C[C@]1(c2ccccc2)NC(=O)N(NC(=O)CCNC(=O)c2ccco2)C1=O. The largest absolute Gasteiger partial charge is 0.459 e. The van der Waals surface area contributed by atoms with Crippen LogP contribution in [0.25, 0.3) is 0 Å². The van der Waals surface area contributed by atoms with Crippen molar-refractivity contribution in [1.82, 2.24) is 21.1 Å². The van der Waals surface area contributed by atoms with Crippen molar-refractivity contribution in [3.8, 4) is 0 Å². The maximum atomic E-state index is 12.7. The Balaban J connectivity index is 1.55. The van der Waals surface area contributed by atoms with Gasteiger partial charge in [-0.05, 0) is 24.6 Å². The average Bonchev–Trinajstić information content (AvgIpc) is 3.27. The average molecular weight is 370 g/mol. The zero-order valence-corrected chi connectivity index (χ0v) is 14.5. The van der Waals surface area contributed by atoms with Gasteiger partial charge in [0.1, 0.15) is 5.54 Å². The first-order valence-corrected chi connectivity index (χ1v) is 8.25. The molecule has 2 heterocycles. The van der Waals surface area contributed by atoms with E-state index >= 15 is 0 Å². The fourth-order valence-corrected chi connectivity index (χ4v) is 2.67. The zero-order valence-electron chi connectivity index (χ0n) is 14.5. The third-order valence-corrected chi connectivity index (χ3v) is 4.16. The molecule has 0 saturated carbocycles. The van der Waals surface area contributed by atoms with Gasteiger partial charge in [-0.3, -0.25) is 19.8 Å². The van der Waals surface area contributed by atoms with Crippen LogP contribution in [0.5, 0.6) is 0 Å². The Morgan fingerprint density at radius 2 is 1.89 bits per heavy atom. The topological polar surface area (TPSA) is 121 Å². The van der Waals surface area contributed by atoms with Gasteiger partial charge in [-0.1, -0.05) is 30.3 Å². The molecule has 140 valence electrons. The Labute approximate surface area is 154 Å². The van der Waals surface area contributed by atoms with Gasteiger partial charge in [0.05, 0.1) is 6.26 Å². The van der Waals surface area contributed by atoms with Gasteiger partial charge in [-0.25, -0.2) is 4.79 Å². The monoisotopic (exact) mass is 370 g/mol. The second-order valence-corrected chi connectivity index (χ2v) is 6.08. The molecule has 3 rings (SSSR count). The van der Waals surface area contributed by atoms with E-state index in [4.69, 9.17) is 4.42 Å². The fraction of sp³-hybridized carbons (Fsp3) is 0.222. The van der Waals surface area contributed by atoms with E-state index in [1.165, 1.54) is 12.3 Å². The molecule has 0 bridgehead atoms. The Morgan fingerprint density at radius 3 is 2.56 bits per heavy atom. The molecule has 1 aromatic heterocycles. The molecule has 1 aliphatic rings. The molecule has 0 unspecified atom stereocenters. The van der Waals surface area contributed by atoms with E-state index in [0.717, 1.165) is 0 Å². The van der Waals surface area contributed by atoms with Crippen LogP contribution >= 0.6 is 0 Å². The van der Waals surface area contributed by atoms with Gasteiger partial charge in [-0.2, -0.15) is 5.01 Å². The molecular formula is C18H18N4O5. The number of urea groups is 1. The summed E-state index contributed by atoms with van der Waals surface area (Å²) in [5.41, 5.74) is 1.61. The number of nitrogens with zero attached hydrogens (tertiary/aromatic N) is 1. The molecule has 27 heavy (non-hydrogen) atoms. The quantitative estimate of drug-likeness (QED) is 0.653. The summed E-state index contributed by atoms with van der Waals surface area (Å²) in [6.45, 7) is 1.59. The van der Waals surface area contributed by atoms with Crippen LogP contribution in [0.1, 0.15) is 29.5 Å². The molecule has 1 fully saturated rings. The smallest absolute Gasteiger partial charge is 0.344 e. The number of rotatable bonds is 6. The summed E-state index contributed by atoms with van der Waals surface area (Å²) in [5.74, 6) is -1.51. The highest BCUT2D eigenvalue weighted by molar-refractivity contribution is 6.08. The molecule has 1 saturated heterocycles. The van der Waals surface area contributed by atoms with Gasteiger partial charge in [0, 0.05) is 13.0 Å². The molecule has 0 radical (unpaired) electrons. The van der Waals surface area contributed by atoms with Gasteiger partial charge in [0.25, 0.3) is 11.8 Å². The Bertz CT molecular complexity index is 865. The van der Waals surface area contributed by atoms with Gasteiger partial charge in [0.2, 0.25) is 5.91 Å². The Hall–Kier alpha value is -3.62. The van der Waals surface area contributed by atoms with Crippen molar-refractivity contribution in [3.05, 3.63) is 60.1 Å². The number of carbonyl (C=O) groups is 4. The number of hydrazine groups is 1. The van der Waals surface area contributed by atoms with Crippen molar-refractivity contribution in [3.63, 3.8) is 0 Å². The van der Waals surface area contributed by atoms with Crippen LogP contribution in [-0.2, 0) is 15.1 Å². The molecule has 5 amide bonds. The third-order valence-electron chi connectivity index (χ3n) is 4.16. The van der Waals surface area contributed by atoms with E-state index in [2.05, 4.69) is 16.1 Å². The molecule has 1 aliphatic heterocycles. The summed E-state index contributed by atoms with van der Waals surface area (Å²) in [6, 6.07) is 11.1. The first-order chi connectivity index (χ1) is 12.9. The first kappa shape index (κ1) is 18.2. The minimum Gasteiger partial charge on any atom is -0.459 e. The lowest BCUT2D eigenvalue weighted by molar-refractivity contribution is -0.138. The normalized spacial score (nSPS) is 18.9. The van der Waals surface area contributed by atoms with Crippen molar-refractivity contribution in [1.29, 1.82) is 0 Å². The van der Waals surface area contributed by atoms with Crippen LogP contribution in [0, 0.1) is 0 Å². The predicted molar refractivity (Wildman–Crippen MR) is 93.0 cm³/mol. The van der Waals surface area contributed by atoms with E-state index in [9.17, 15) is 19.2 Å². The van der Waals surface area contributed by atoms with Gasteiger partial charge >= 0.3 is 6.03 Å². The number of imide groups is 1. The van der Waals surface area contributed by atoms with Crippen molar-refractivity contribution in [2.45, 2.75) is 18.9 Å². The summed E-state index contributed by atoms with van der Waals surface area (Å²) in [7, 11) is 0. The second-order valence-electron chi connectivity index (χ2n) is 6.08. The summed E-state index contributed by atoms with van der Waals surface area (Å²) >= 11 is 0. The van der Waals surface area contributed by atoms with Gasteiger partial charge < -0.3 is 15.1 Å². The zero-order chi connectivity index (χ0) is 19.4. The van der Waals surface area contributed by atoms with E-state index in [1.54, 1.807) is 43.3 Å². The molecule has 2 aromatic rings. The molecule has 9 nitrogen and oxygen atoms in total. The summed E-state index contributed by atoms with van der Waals surface area (Å²) < 4.78 is 4.94. The summed E-state index contributed by atoms with van der Waals surface area (Å²) in [5, 5.41) is 5.75. The predicted octanol–water partition coefficient (Wildman–Crippen LogP) is 0.898. The lowest BCUT2D eigenvalue weighted by atomic mass is 9.92. The number of furan rings is 1. The van der Waals surface area contributed by atoms with Crippen LogP contribution in [0.15, 0.2) is 53.1 Å². The molecule has 0 aliphatic carbocycles. The van der Waals surface area contributed by atoms with E-state index in [0.29, 0.717) is 10.6 Å². The number of hydrogen-bond acceptors (Lipinski definition) is 5. The van der Waals surface area contributed by atoms with Crippen molar-refractivity contribution in [2.24, 2.45) is 0 Å². The van der Waals surface area contributed by atoms with Gasteiger partial charge in [-0.15, -0.1) is 0 Å². The molecule has 9 heteroatoms. The second kappa shape index (κ2) is 7.32. The minimum absolute atomic E-state index is 0.0188. The lowest BCUT2D eigenvalue weighted by Crippen LogP contribution is -2.48. The van der Waals surface area contributed by atoms with Crippen LogP contribution < -0.4 is 16.1 Å². The Morgan fingerprint density at radius 1 is 1.15 bits per heavy atom. The minimum atomic E-state index is -1.26. The van der Waals surface area contributed by atoms with E-state index < -0.39 is 29.3 Å². The molecule has 1 atom stereocenters. The summed E-state index contributed by atoms with van der Waals surface area (Å²) in [4.78, 5) is 48.6. The molecule has 0 spiro atoms. The van der Waals surface area contributed by atoms with Crippen molar-refractivity contribution < 1.29 is 23.6 Å². The third kappa shape index (κ3) is 3.66. The maximum absolute atomic E-state index is 12.7. The van der Waals surface area contributed by atoms with Crippen LogP contribution in [0.3, 0.4) is 0 Å². The Kier molecular flexibility index (Phi) is 4.93. The highest BCUT2D eigenvalue weighted by Crippen LogP contribution is 2.27. The van der Waals surface area contributed by atoms with Gasteiger partial charge in [0.15, 0.2) is 5.76 Å². The summed E-state index contributed by atoms with van der Waals surface area (Å²) in [6.07, 6.45) is 1.24. The fourth-order valence-electron chi connectivity index (χ4n) is 2.67. The van der Waals surface area contributed by atoms with Crippen molar-refractivity contribution in [2.75, 3.05) is 6.54 Å². The number of benzene rings is 1. The van der Waals surface area contributed by atoms with E-state index in [-0.39, 0.29) is 18.7 Å². The van der Waals surface area contributed by atoms with Crippen LogP contribution in [-0.4, -0.2) is 35.3 Å². The molecular weight excluding hydrogens is 352 g/mol. The molecule has 3 N–H and O–H groups in total. The first-order valence-electron chi connectivity index (χ1n) is 8.25. The van der Waals surface area contributed by atoms with Crippen LogP contribution in [0.4, 0.5) is 4.79 Å². The molecule has 1 aromatic carbocycles. The number of amides is 5. The number of carbonyl (C=O) groups excluding carboxylic acids is 4. The number of nitrogens with one attached hydrogen (secondary N) is 3. The lowest BCUT2D eigenvalue weighted by Gasteiger charge is -2.22. The highest BCUT2D eigenvalue weighted by Gasteiger charge is 2.49. The number of hydrogen-bond donors (Lipinski definition) is 3. The standard InChI is InChI=1S/C18H18N4O5/c1-18(12-6-3-2-4-7-12)16(25)22(17(26)20-18)21-14(23)9-10-19-15(24)13-8-5-11-27-13/h2-8,11H,9-10H2,1H3,(H,19,24)(H,20,26)(H,21,23)/t18-/m1/s1. The highest BCUT2D eigenvalue weighted by atomic mass is 16.3. The van der Waals surface area contributed by atoms with E-state index in [1.807, 2.05) is 0 Å².